The van der Waals surface area contributed by atoms with Gasteiger partial charge in [0.1, 0.15) is 0 Å². The molecule has 0 spiro atoms. The minimum atomic E-state index is -0.518. The summed E-state index contributed by atoms with van der Waals surface area (Å²) in [6.07, 6.45) is 1.64. The molecule has 1 heterocycles. The number of ether oxygens (including phenoxy) is 1. The van der Waals surface area contributed by atoms with Gasteiger partial charge in [-0.1, -0.05) is 48.0 Å². The Morgan fingerprint density at radius 3 is 2.42 bits per heavy atom. The zero-order valence-electron chi connectivity index (χ0n) is 14.5. The van der Waals surface area contributed by atoms with Crippen molar-refractivity contribution >= 4 is 35.2 Å². The van der Waals surface area contributed by atoms with E-state index in [0.29, 0.717) is 22.0 Å². The van der Waals surface area contributed by atoms with Crippen molar-refractivity contribution in [3.05, 3.63) is 82.0 Å². The first-order valence-electron chi connectivity index (χ1n) is 8.28. The number of anilines is 1. The number of rotatable bonds is 4. The Balaban J connectivity index is 2.15. The van der Waals surface area contributed by atoms with Gasteiger partial charge >= 0.3 is 5.97 Å². The highest BCUT2D eigenvalue weighted by atomic mass is 35.5. The summed E-state index contributed by atoms with van der Waals surface area (Å²) in [6.45, 7) is 3.70. The van der Waals surface area contributed by atoms with Gasteiger partial charge in [-0.25, -0.2) is 4.79 Å². The number of para-hydroxylation sites is 1. The molecular formula is C21H18ClNO3. The van der Waals surface area contributed by atoms with Crippen molar-refractivity contribution in [1.29, 1.82) is 0 Å². The maximum Gasteiger partial charge on any atom is 0.340 e. The summed E-state index contributed by atoms with van der Waals surface area (Å²) in [5, 5.41) is 0.506. The quantitative estimate of drug-likeness (QED) is 0.585. The van der Waals surface area contributed by atoms with Gasteiger partial charge in [0.05, 0.1) is 17.8 Å². The van der Waals surface area contributed by atoms with E-state index in [1.165, 1.54) is 4.90 Å². The molecule has 3 rings (SSSR count). The third-order valence-corrected chi connectivity index (χ3v) is 4.44. The molecular weight excluding hydrogens is 350 g/mol. The zero-order chi connectivity index (χ0) is 18.7. The molecule has 0 saturated heterocycles. The molecule has 26 heavy (non-hydrogen) atoms. The second-order valence-corrected chi connectivity index (χ2v) is 6.14. The Labute approximate surface area is 157 Å². The lowest BCUT2D eigenvalue weighted by Crippen LogP contribution is -2.24. The van der Waals surface area contributed by atoms with Crippen LogP contribution in [0, 0.1) is 0 Å². The number of benzene rings is 2. The third kappa shape index (κ3) is 3.28. The van der Waals surface area contributed by atoms with Gasteiger partial charge in [-0.2, -0.15) is 0 Å². The second-order valence-electron chi connectivity index (χ2n) is 5.74. The summed E-state index contributed by atoms with van der Waals surface area (Å²) in [5.41, 5.74) is 2.44. The molecule has 2 aromatic rings. The van der Waals surface area contributed by atoms with Gasteiger partial charge in [-0.15, -0.1) is 0 Å². The van der Waals surface area contributed by atoms with Gasteiger partial charge < -0.3 is 4.74 Å². The summed E-state index contributed by atoms with van der Waals surface area (Å²) in [5.74, 6) is -0.799. The normalized spacial score (nSPS) is 15.7. The summed E-state index contributed by atoms with van der Waals surface area (Å²) in [6, 6.07) is 16.4. The Morgan fingerprint density at radius 2 is 1.77 bits per heavy atom. The van der Waals surface area contributed by atoms with Crippen LogP contribution >= 0.6 is 11.6 Å². The van der Waals surface area contributed by atoms with Crippen LogP contribution in [0.5, 0.6) is 0 Å². The Kier molecular flexibility index (Phi) is 5.24. The van der Waals surface area contributed by atoms with Gasteiger partial charge in [0, 0.05) is 16.4 Å². The van der Waals surface area contributed by atoms with E-state index in [1.54, 1.807) is 32.1 Å². The van der Waals surface area contributed by atoms with Crippen molar-refractivity contribution < 1.29 is 14.3 Å². The zero-order valence-corrected chi connectivity index (χ0v) is 15.3. The number of esters is 1. The molecule has 0 unspecified atom stereocenters. The van der Waals surface area contributed by atoms with Crippen LogP contribution in [0.2, 0.25) is 5.02 Å². The summed E-state index contributed by atoms with van der Waals surface area (Å²) < 4.78 is 5.18. The number of hydrogen-bond acceptors (Lipinski definition) is 3. The third-order valence-electron chi connectivity index (χ3n) is 4.10. The highest BCUT2D eigenvalue weighted by molar-refractivity contribution is 6.32. The summed E-state index contributed by atoms with van der Waals surface area (Å²) in [4.78, 5) is 27.2. The van der Waals surface area contributed by atoms with Gasteiger partial charge in [-0.05, 0) is 43.7 Å². The first-order valence-corrected chi connectivity index (χ1v) is 8.66. The lowest BCUT2D eigenvalue weighted by Gasteiger charge is -2.17. The van der Waals surface area contributed by atoms with Crippen LogP contribution in [-0.4, -0.2) is 18.5 Å². The fourth-order valence-corrected chi connectivity index (χ4v) is 3.11. The molecule has 1 aliphatic heterocycles. The molecule has 4 nitrogen and oxygen atoms in total. The number of carbonyl (C=O) groups is 2. The van der Waals surface area contributed by atoms with E-state index in [4.69, 9.17) is 16.3 Å². The number of allylic oxidation sites excluding steroid dienone is 1. The number of halogens is 1. The lowest BCUT2D eigenvalue weighted by atomic mass is 10.0. The molecule has 5 heteroatoms. The van der Waals surface area contributed by atoms with Crippen LogP contribution in [0.4, 0.5) is 5.69 Å². The first kappa shape index (κ1) is 18.0. The van der Waals surface area contributed by atoms with Crippen molar-refractivity contribution in [2.24, 2.45) is 0 Å². The average Bonchev–Trinajstić information content (AvgIpc) is 2.88. The number of nitrogens with zero attached hydrogens (tertiary/aromatic N) is 1. The van der Waals surface area contributed by atoms with E-state index in [9.17, 15) is 9.59 Å². The van der Waals surface area contributed by atoms with E-state index in [1.807, 2.05) is 42.5 Å². The van der Waals surface area contributed by atoms with Crippen molar-refractivity contribution in [1.82, 2.24) is 0 Å². The SMILES string of the molecule is CCOC(=O)C1=C(C)N(c2ccccc2)C(=O)/C1=C/c1ccccc1Cl. The molecule has 0 saturated carbocycles. The average molecular weight is 368 g/mol. The molecule has 0 N–H and O–H groups in total. The Bertz CT molecular complexity index is 916. The molecule has 0 bridgehead atoms. The van der Waals surface area contributed by atoms with Gasteiger partial charge in [-0.3, -0.25) is 9.69 Å². The molecule has 0 atom stereocenters. The topological polar surface area (TPSA) is 46.6 Å². The van der Waals surface area contributed by atoms with E-state index in [-0.39, 0.29) is 23.7 Å². The number of amides is 1. The van der Waals surface area contributed by atoms with Gasteiger partial charge in [0.15, 0.2) is 0 Å². The van der Waals surface area contributed by atoms with Crippen LogP contribution in [0.25, 0.3) is 6.08 Å². The number of hydrogen-bond donors (Lipinski definition) is 0. The fourth-order valence-electron chi connectivity index (χ4n) is 2.92. The predicted molar refractivity (Wildman–Crippen MR) is 103 cm³/mol. The molecule has 2 aromatic carbocycles. The van der Waals surface area contributed by atoms with Crippen molar-refractivity contribution in [2.45, 2.75) is 13.8 Å². The van der Waals surface area contributed by atoms with E-state index < -0.39 is 5.97 Å². The largest absolute Gasteiger partial charge is 0.462 e. The molecule has 1 aliphatic rings. The minimum Gasteiger partial charge on any atom is -0.462 e. The molecule has 0 radical (unpaired) electrons. The molecule has 0 fully saturated rings. The maximum atomic E-state index is 13.1. The highest BCUT2D eigenvalue weighted by Crippen LogP contribution is 2.36. The Hall–Kier alpha value is -2.85. The summed E-state index contributed by atoms with van der Waals surface area (Å²) in [7, 11) is 0. The maximum absolute atomic E-state index is 13.1. The van der Waals surface area contributed by atoms with Crippen molar-refractivity contribution in [3.63, 3.8) is 0 Å². The van der Waals surface area contributed by atoms with E-state index in [2.05, 4.69) is 0 Å². The first-order chi connectivity index (χ1) is 12.5. The Morgan fingerprint density at radius 1 is 1.12 bits per heavy atom. The summed E-state index contributed by atoms with van der Waals surface area (Å²) >= 11 is 6.23. The van der Waals surface area contributed by atoms with Crippen molar-refractivity contribution in [3.8, 4) is 0 Å². The fraction of sp³-hybridized carbons (Fsp3) is 0.143. The van der Waals surface area contributed by atoms with E-state index >= 15 is 0 Å². The minimum absolute atomic E-state index is 0.231. The van der Waals surface area contributed by atoms with Gasteiger partial charge in [0.25, 0.3) is 5.91 Å². The van der Waals surface area contributed by atoms with Crippen LogP contribution in [0.3, 0.4) is 0 Å². The standard InChI is InChI=1S/C21H18ClNO3/c1-3-26-21(25)19-14(2)23(16-10-5-4-6-11-16)20(24)17(19)13-15-9-7-8-12-18(15)22/h4-13H,3H2,1-2H3/b17-13+. The van der Waals surface area contributed by atoms with Crippen LogP contribution in [0.1, 0.15) is 19.4 Å². The smallest absolute Gasteiger partial charge is 0.340 e. The van der Waals surface area contributed by atoms with Gasteiger partial charge in [0.2, 0.25) is 0 Å². The van der Waals surface area contributed by atoms with Crippen molar-refractivity contribution in [2.75, 3.05) is 11.5 Å². The van der Waals surface area contributed by atoms with Crippen LogP contribution < -0.4 is 4.90 Å². The van der Waals surface area contributed by atoms with Crippen LogP contribution in [0.15, 0.2) is 71.4 Å². The molecule has 132 valence electrons. The lowest BCUT2D eigenvalue weighted by molar-refractivity contribution is -0.138. The number of carbonyl (C=O) groups excluding carboxylic acids is 2. The second kappa shape index (κ2) is 7.58. The molecule has 0 aromatic heterocycles. The van der Waals surface area contributed by atoms with Crippen LogP contribution in [-0.2, 0) is 14.3 Å². The highest BCUT2D eigenvalue weighted by Gasteiger charge is 2.38. The predicted octanol–water partition coefficient (Wildman–Crippen LogP) is 4.61. The molecule has 1 amide bonds. The molecule has 0 aliphatic carbocycles. The monoisotopic (exact) mass is 367 g/mol. The van der Waals surface area contributed by atoms with E-state index in [0.717, 1.165) is 0 Å².